The second-order valence-corrected chi connectivity index (χ2v) is 6.50. The number of phenolic OH excluding ortho intramolecular Hbond substituents is 1. The standard InChI is InChI=1S/C21H20N4O2/c26-17-6-1-4-15(12-17)19-14-25(11-10-23-19)20-8-2-7-18(24-20)21(27)16-5-3-9-22-13-16/h1-9,12-13,19,23,26H,10-11,14H2. The fourth-order valence-electron chi connectivity index (χ4n) is 3.29. The van der Waals surface area contributed by atoms with Crippen LogP contribution in [0.4, 0.5) is 5.82 Å². The summed E-state index contributed by atoms with van der Waals surface area (Å²) in [5, 5.41) is 13.2. The SMILES string of the molecule is O=C(c1cccnc1)c1cccc(N2CCNC(c3cccc(O)c3)C2)n1. The van der Waals surface area contributed by atoms with E-state index in [1.807, 2.05) is 24.3 Å². The van der Waals surface area contributed by atoms with E-state index < -0.39 is 0 Å². The monoisotopic (exact) mass is 360 g/mol. The van der Waals surface area contributed by atoms with Crippen molar-refractivity contribution in [2.45, 2.75) is 6.04 Å². The molecule has 2 N–H and O–H groups in total. The maximum atomic E-state index is 12.6. The van der Waals surface area contributed by atoms with Gasteiger partial charge in [-0.05, 0) is 42.0 Å². The van der Waals surface area contributed by atoms with Gasteiger partial charge in [0.15, 0.2) is 0 Å². The van der Waals surface area contributed by atoms with Crippen LogP contribution in [-0.4, -0.2) is 40.5 Å². The molecular weight excluding hydrogens is 340 g/mol. The van der Waals surface area contributed by atoms with E-state index >= 15 is 0 Å². The molecule has 6 heteroatoms. The Morgan fingerprint density at radius 1 is 1.15 bits per heavy atom. The van der Waals surface area contributed by atoms with E-state index in [9.17, 15) is 9.90 Å². The second-order valence-electron chi connectivity index (χ2n) is 6.50. The van der Waals surface area contributed by atoms with Crippen molar-refractivity contribution < 1.29 is 9.90 Å². The molecule has 1 unspecified atom stereocenters. The average Bonchev–Trinajstić information content (AvgIpc) is 2.74. The first-order valence-electron chi connectivity index (χ1n) is 8.90. The van der Waals surface area contributed by atoms with Gasteiger partial charge in [-0.1, -0.05) is 18.2 Å². The lowest BCUT2D eigenvalue weighted by atomic mass is 10.0. The summed E-state index contributed by atoms with van der Waals surface area (Å²) in [6, 6.07) is 16.4. The number of piperazine rings is 1. The smallest absolute Gasteiger partial charge is 0.212 e. The van der Waals surface area contributed by atoms with Crippen LogP contribution in [0.3, 0.4) is 0 Å². The number of nitrogens with one attached hydrogen (secondary N) is 1. The largest absolute Gasteiger partial charge is 0.508 e. The van der Waals surface area contributed by atoms with Crippen molar-refractivity contribution in [2.24, 2.45) is 0 Å². The quantitative estimate of drug-likeness (QED) is 0.696. The number of phenols is 1. The summed E-state index contributed by atoms with van der Waals surface area (Å²) >= 11 is 0. The van der Waals surface area contributed by atoms with Crippen LogP contribution >= 0.6 is 0 Å². The van der Waals surface area contributed by atoms with Gasteiger partial charge < -0.3 is 15.3 Å². The van der Waals surface area contributed by atoms with Gasteiger partial charge in [0.05, 0.1) is 6.04 Å². The number of pyridine rings is 2. The molecule has 0 spiro atoms. The predicted octanol–water partition coefficient (Wildman–Crippen LogP) is 2.56. The Balaban J connectivity index is 1.55. The van der Waals surface area contributed by atoms with Crippen molar-refractivity contribution in [3.8, 4) is 5.75 Å². The fourth-order valence-corrected chi connectivity index (χ4v) is 3.29. The zero-order valence-electron chi connectivity index (χ0n) is 14.7. The lowest BCUT2D eigenvalue weighted by Gasteiger charge is -2.35. The Hall–Kier alpha value is -3.25. The highest BCUT2D eigenvalue weighted by molar-refractivity contribution is 6.07. The van der Waals surface area contributed by atoms with E-state index in [0.29, 0.717) is 17.8 Å². The van der Waals surface area contributed by atoms with Gasteiger partial charge in [0.25, 0.3) is 0 Å². The van der Waals surface area contributed by atoms with E-state index in [1.54, 1.807) is 42.7 Å². The van der Waals surface area contributed by atoms with Gasteiger partial charge in [-0.15, -0.1) is 0 Å². The number of rotatable bonds is 4. The van der Waals surface area contributed by atoms with Crippen molar-refractivity contribution in [1.82, 2.24) is 15.3 Å². The van der Waals surface area contributed by atoms with E-state index in [1.165, 1.54) is 0 Å². The van der Waals surface area contributed by atoms with Gasteiger partial charge in [-0.3, -0.25) is 9.78 Å². The first-order chi connectivity index (χ1) is 13.2. The Morgan fingerprint density at radius 2 is 2.04 bits per heavy atom. The van der Waals surface area contributed by atoms with Gasteiger partial charge in [-0.2, -0.15) is 0 Å². The summed E-state index contributed by atoms with van der Waals surface area (Å²) in [5.41, 5.74) is 1.97. The minimum Gasteiger partial charge on any atom is -0.508 e. The molecule has 136 valence electrons. The highest BCUT2D eigenvalue weighted by Gasteiger charge is 2.22. The number of aromatic hydroxyl groups is 1. The van der Waals surface area contributed by atoms with Gasteiger partial charge in [0.1, 0.15) is 17.3 Å². The summed E-state index contributed by atoms with van der Waals surface area (Å²) in [5.74, 6) is 0.898. The summed E-state index contributed by atoms with van der Waals surface area (Å²) in [6.45, 7) is 2.30. The number of ketones is 1. The highest BCUT2D eigenvalue weighted by Crippen LogP contribution is 2.24. The summed E-state index contributed by atoms with van der Waals surface area (Å²) in [6.07, 6.45) is 3.20. The minimum atomic E-state index is -0.135. The molecular formula is C21H20N4O2. The molecule has 3 aromatic rings. The average molecular weight is 360 g/mol. The molecule has 0 aliphatic carbocycles. The molecule has 1 saturated heterocycles. The van der Waals surface area contributed by atoms with Crippen LogP contribution < -0.4 is 10.2 Å². The number of benzene rings is 1. The number of anilines is 1. The molecule has 6 nitrogen and oxygen atoms in total. The summed E-state index contributed by atoms with van der Waals surface area (Å²) < 4.78 is 0. The number of hydrogen-bond acceptors (Lipinski definition) is 6. The fraction of sp³-hybridized carbons (Fsp3) is 0.190. The maximum absolute atomic E-state index is 12.6. The zero-order chi connectivity index (χ0) is 18.6. The van der Waals surface area contributed by atoms with Crippen molar-refractivity contribution >= 4 is 11.6 Å². The minimum absolute atomic E-state index is 0.0883. The molecule has 1 fully saturated rings. The number of aromatic nitrogens is 2. The van der Waals surface area contributed by atoms with Crippen molar-refractivity contribution in [1.29, 1.82) is 0 Å². The first-order valence-corrected chi connectivity index (χ1v) is 8.90. The third-order valence-corrected chi connectivity index (χ3v) is 4.66. The number of hydrogen-bond donors (Lipinski definition) is 2. The molecule has 4 rings (SSSR count). The van der Waals surface area contributed by atoms with Crippen LogP contribution in [0.5, 0.6) is 5.75 Å². The lowest BCUT2D eigenvalue weighted by Crippen LogP contribution is -2.46. The van der Waals surface area contributed by atoms with Crippen LogP contribution in [0, 0.1) is 0 Å². The normalized spacial score (nSPS) is 16.9. The van der Waals surface area contributed by atoms with Crippen molar-refractivity contribution in [3.05, 3.63) is 83.8 Å². The van der Waals surface area contributed by atoms with Crippen molar-refractivity contribution in [2.75, 3.05) is 24.5 Å². The molecule has 27 heavy (non-hydrogen) atoms. The second kappa shape index (κ2) is 7.55. The van der Waals surface area contributed by atoms with Crippen LogP contribution in [0.1, 0.15) is 27.7 Å². The molecule has 1 atom stereocenters. The molecule has 0 amide bonds. The zero-order valence-corrected chi connectivity index (χ0v) is 14.7. The highest BCUT2D eigenvalue weighted by atomic mass is 16.3. The first kappa shape index (κ1) is 17.2. The number of carbonyl (C=O) groups is 1. The van der Waals surface area contributed by atoms with Crippen LogP contribution in [0.15, 0.2) is 67.0 Å². The molecule has 1 aliphatic heterocycles. The van der Waals surface area contributed by atoms with Gasteiger partial charge >= 0.3 is 0 Å². The lowest BCUT2D eigenvalue weighted by molar-refractivity contribution is 0.103. The molecule has 0 radical (unpaired) electrons. The molecule has 1 aliphatic rings. The third kappa shape index (κ3) is 3.80. The van der Waals surface area contributed by atoms with Crippen LogP contribution in [-0.2, 0) is 0 Å². The van der Waals surface area contributed by atoms with E-state index in [0.717, 1.165) is 24.5 Å². The Morgan fingerprint density at radius 3 is 2.85 bits per heavy atom. The van der Waals surface area contributed by atoms with E-state index in [2.05, 4.69) is 20.2 Å². The van der Waals surface area contributed by atoms with Crippen LogP contribution in [0.25, 0.3) is 0 Å². The van der Waals surface area contributed by atoms with Gasteiger partial charge in [0, 0.05) is 37.6 Å². The Labute approximate surface area is 157 Å². The Bertz CT molecular complexity index is 946. The molecule has 1 aromatic carbocycles. The third-order valence-electron chi connectivity index (χ3n) is 4.66. The number of nitrogens with zero attached hydrogens (tertiary/aromatic N) is 3. The van der Waals surface area contributed by atoms with E-state index in [-0.39, 0.29) is 17.6 Å². The summed E-state index contributed by atoms with van der Waals surface area (Å²) in [4.78, 5) is 23.4. The molecule has 0 saturated carbocycles. The van der Waals surface area contributed by atoms with Crippen molar-refractivity contribution in [3.63, 3.8) is 0 Å². The molecule has 2 aromatic heterocycles. The van der Waals surface area contributed by atoms with Crippen LogP contribution in [0.2, 0.25) is 0 Å². The summed E-state index contributed by atoms with van der Waals surface area (Å²) in [7, 11) is 0. The van der Waals surface area contributed by atoms with Gasteiger partial charge in [-0.25, -0.2) is 4.98 Å². The molecule has 0 bridgehead atoms. The van der Waals surface area contributed by atoms with Gasteiger partial charge in [0.2, 0.25) is 5.78 Å². The Kier molecular flexibility index (Phi) is 4.80. The van der Waals surface area contributed by atoms with E-state index in [4.69, 9.17) is 0 Å². The topological polar surface area (TPSA) is 78.4 Å². The molecule has 3 heterocycles. The number of carbonyl (C=O) groups excluding carboxylic acids is 1. The predicted molar refractivity (Wildman–Crippen MR) is 103 cm³/mol. The maximum Gasteiger partial charge on any atom is 0.212 e.